The molecule has 0 aliphatic carbocycles. The zero-order valence-corrected chi connectivity index (χ0v) is 17.4. The number of likely N-dealkylation sites (tertiary alicyclic amines) is 1. The normalized spacial score (nSPS) is 18.2. The average Bonchev–Trinajstić information content (AvgIpc) is 3.18. The van der Waals surface area contributed by atoms with Crippen molar-refractivity contribution >= 4 is 17.6 Å². The minimum atomic E-state index is 0.413. The molecule has 7 nitrogen and oxygen atoms in total. The maximum absolute atomic E-state index is 6.02. The van der Waals surface area contributed by atoms with Crippen LogP contribution in [0.15, 0.2) is 33.8 Å². The highest BCUT2D eigenvalue weighted by Crippen LogP contribution is 2.20. The Morgan fingerprint density at radius 1 is 1.36 bits per heavy atom. The number of hydrogen-bond donors (Lipinski definition) is 2. The van der Waals surface area contributed by atoms with Crippen LogP contribution < -0.4 is 10.6 Å². The van der Waals surface area contributed by atoms with Gasteiger partial charge >= 0.3 is 0 Å². The predicted octanol–water partition coefficient (Wildman–Crippen LogP) is 3.32. The van der Waals surface area contributed by atoms with E-state index in [1.807, 2.05) is 24.3 Å². The molecule has 1 atom stereocenters. The van der Waals surface area contributed by atoms with Gasteiger partial charge in [-0.3, -0.25) is 4.99 Å². The SMILES string of the molecule is CN=C(NCCCN1CCCCC1C)NCc1nc(-c2cccc(Cl)c2)no1. The summed E-state index contributed by atoms with van der Waals surface area (Å²) in [4.78, 5) is 11.2. The van der Waals surface area contributed by atoms with Crippen molar-refractivity contribution in [1.82, 2.24) is 25.7 Å². The van der Waals surface area contributed by atoms with Crippen molar-refractivity contribution in [2.24, 2.45) is 4.99 Å². The van der Waals surface area contributed by atoms with Gasteiger partial charge in [-0.2, -0.15) is 4.98 Å². The van der Waals surface area contributed by atoms with Crippen molar-refractivity contribution in [3.05, 3.63) is 35.2 Å². The number of rotatable bonds is 7. The number of aromatic nitrogens is 2. The highest BCUT2D eigenvalue weighted by molar-refractivity contribution is 6.30. The molecule has 1 aliphatic heterocycles. The Morgan fingerprint density at radius 2 is 2.25 bits per heavy atom. The van der Waals surface area contributed by atoms with Crippen molar-refractivity contribution in [3.8, 4) is 11.4 Å². The molecule has 2 heterocycles. The number of nitrogens with one attached hydrogen (secondary N) is 2. The van der Waals surface area contributed by atoms with Gasteiger partial charge in [-0.05, 0) is 44.9 Å². The van der Waals surface area contributed by atoms with Crippen LogP contribution in [0.25, 0.3) is 11.4 Å². The predicted molar refractivity (Wildman–Crippen MR) is 112 cm³/mol. The van der Waals surface area contributed by atoms with Gasteiger partial charge in [0.05, 0.1) is 6.54 Å². The molecule has 1 fully saturated rings. The number of halogens is 1. The lowest BCUT2D eigenvalue weighted by atomic mass is 10.0. The summed E-state index contributed by atoms with van der Waals surface area (Å²) in [6.07, 6.45) is 5.09. The molecule has 0 amide bonds. The quantitative estimate of drug-likeness (QED) is 0.418. The summed E-state index contributed by atoms with van der Waals surface area (Å²) >= 11 is 6.02. The molecule has 152 valence electrons. The zero-order chi connectivity index (χ0) is 19.8. The number of hydrogen-bond acceptors (Lipinski definition) is 5. The van der Waals surface area contributed by atoms with Crippen LogP contribution in [0.2, 0.25) is 5.02 Å². The summed E-state index contributed by atoms with van der Waals surface area (Å²) in [5, 5.41) is 11.2. The lowest BCUT2D eigenvalue weighted by Crippen LogP contribution is -2.41. The van der Waals surface area contributed by atoms with Gasteiger partial charge in [0.1, 0.15) is 0 Å². The van der Waals surface area contributed by atoms with Crippen LogP contribution in [-0.4, -0.2) is 53.7 Å². The zero-order valence-electron chi connectivity index (χ0n) is 16.6. The third-order valence-corrected chi connectivity index (χ3v) is 5.27. The lowest BCUT2D eigenvalue weighted by Gasteiger charge is -2.33. The summed E-state index contributed by atoms with van der Waals surface area (Å²) in [6, 6.07) is 8.10. The van der Waals surface area contributed by atoms with E-state index in [1.54, 1.807) is 7.05 Å². The van der Waals surface area contributed by atoms with E-state index in [-0.39, 0.29) is 0 Å². The van der Waals surface area contributed by atoms with E-state index in [0.717, 1.165) is 31.0 Å². The third-order valence-electron chi connectivity index (χ3n) is 5.04. The van der Waals surface area contributed by atoms with Crippen LogP contribution in [0.1, 0.15) is 38.5 Å². The maximum atomic E-state index is 6.02. The van der Waals surface area contributed by atoms with Crippen LogP contribution in [-0.2, 0) is 6.54 Å². The molecule has 1 unspecified atom stereocenters. The fraction of sp³-hybridized carbons (Fsp3) is 0.550. The molecule has 0 radical (unpaired) electrons. The number of benzene rings is 1. The molecule has 8 heteroatoms. The Morgan fingerprint density at radius 3 is 3.04 bits per heavy atom. The molecule has 0 spiro atoms. The lowest BCUT2D eigenvalue weighted by molar-refractivity contribution is 0.159. The second-order valence-corrected chi connectivity index (χ2v) is 7.55. The molecule has 3 rings (SSSR count). The summed E-state index contributed by atoms with van der Waals surface area (Å²) < 4.78 is 5.31. The highest BCUT2D eigenvalue weighted by Gasteiger charge is 2.17. The van der Waals surface area contributed by atoms with Gasteiger partial charge in [0.15, 0.2) is 5.96 Å². The molecule has 1 aliphatic rings. The van der Waals surface area contributed by atoms with E-state index in [4.69, 9.17) is 16.1 Å². The fourth-order valence-corrected chi connectivity index (χ4v) is 3.62. The van der Waals surface area contributed by atoms with E-state index in [9.17, 15) is 0 Å². The van der Waals surface area contributed by atoms with Gasteiger partial charge in [0, 0.05) is 36.8 Å². The van der Waals surface area contributed by atoms with Crippen molar-refractivity contribution in [2.45, 2.75) is 45.2 Å². The second-order valence-electron chi connectivity index (χ2n) is 7.11. The topological polar surface area (TPSA) is 78.6 Å². The number of guanidine groups is 1. The molecule has 2 N–H and O–H groups in total. The Kier molecular flexibility index (Phi) is 7.68. The van der Waals surface area contributed by atoms with Crippen LogP contribution in [0.4, 0.5) is 0 Å². The van der Waals surface area contributed by atoms with Crippen molar-refractivity contribution in [1.29, 1.82) is 0 Å². The van der Waals surface area contributed by atoms with Crippen molar-refractivity contribution in [2.75, 3.05) is 26.7 Å². The molecule has 28 heavy (non-hydrogen) atoms. The second kappa shape index (κ2) is 10.4. The summed E-state index contributed by atoms with van der Waals surface area (Å²) in [5.74, 6) is 1.76. The molecular weight excluding hydrogens is 376 g/mol. The van der Waals surface area contributed by atoms with Crippen LogP contribution in [0.3, 0.4) is 0 Å². The van der Waals surface area contributed by atoms with Gasteiger partial charge in [-0.1, -0.05) is 35.3 Å². The van der Waals surface area contributed by atoms with Crippen molar-refractivity contribution in [3.63, 3.8) is 0 Å². The summed E-state index contributed by atoms with van der Waals surface area (Å²) in [7, 11) is 1.76. The van der Waals surface area contributed by atoms with E-state index >= 15 is 0 Å². The van der Waals surface area contributed by atoms with Crippen LogP contribution >= 0.6 is 11.6 Å². The van der Waals surface area contributed by atoms with Gasteiger partial charge in [-0.25, -0.2) is 0 Å². The molecule has 1 aromatic carbocycles. The first kappa shape index (κ1) is 20.6. The Labute approximate surface area is 171 Å². The molecule has 1 saturated heterocycles. The summed E-state index contributed by atoms with van der Waals surface area (Å²) in [5.41, 5.74) is 0.831. The first-order chi connectivity index (χ1) is 13.7. The molecular formula is C20H29ClN6O. The van der Waals surface area contributed by atoms with Crippen molar-refractivity contribution < 1.29 is 4.52 Å². The average molecular weight is 405 g/mol. The molecule has 0 saturated carbocycles. The first-order valence-electron chi connectivity index (χ1n) is 9.93. The van der Waals surface area contributed by atoms with Gasteiger partial charge in [-0.15, -0.1) is 0 Å². The van der Waals surface area contributed by atoms with E-state index in [0.29, 0.717) is 29.3 Å². The Hall–Kier alpha value is -2.12. The molecule has 2 aromatic rings. The number of aliphatic imine (C=N–C) groups is 1. The number of nitrogens with zero attached hydrogens (tertiary/aromatic N) is 4. The Balaban J connectivity index is 1.40. The molecule has 1 aromatic heterocycles. The molecule has 0 bridgehead atoms. The highest BCUT2D eigenvalue weighted by atomic mass is 35.5. The first-order valence-corrected chi connectivity index (χ1v) is 10.3. The maximum Gasteiger partial charge on any atom is 0.246 e. The van der Waals surface area contributed by atoms with Gasteiger partial charge in [0.2, 0.25) is 11.7 Å². The van der Waals surface area contributed by atoms with E-state index < -0.39 is 0 Å². The van der Waals surface area contributed by atoms with E-state index in [1.165, 1.54) is 25.8 Å². The minimum absolute atomic E-state index is 0.413. The standard InChI is InChI=1S/C20H29ClN6O/c1-15-7-3-4-11-27(15)12-6-10-23-20(22-2)24-14-18-25-19(26-28-18)16-8-5-9-17(21)13-16/h5,8-9,13,15H,3-4,6-7,10-12,14H2,1-2H3,(H2,22,23,24). The minimum Gasteiger partial charge on any atom is -0.356 e. The number of piperidine rings is 1. The van der Waals surface area contributed by atoms with Gasteiger partial charge < -0.3 is 20.1 Å². The Bertz CT molecular complexity index is 778. The fourth-order valence-electron chi connectivity index (χ4n) is 3.43. The monoisotopic (exact) mass is 404 g/mol. The van der Waals surface area contributed by atoms with Gasteiger partial charge in [0.25, 0.3) is 0 Å². The van der Waals surface area contributed by atoms with Crippen LogP contribution in [0.5, 0.6) is 0 Å². The third kappa shape index (κ3) is 5.94. The smallest absolute Gasteiger partial charge is 0.246 e. The largest absolute Gasteiger partial charge is 0.356 e. The van der Waals surface area contributed by atoms with Crippen LogP contribution in [0, 0.1) is 0 Å². The van der Waals surface area contributed by atoms with E-state index in [2.05, 4.69) is 37.6 Å². The summed E-state index contributed by atoms with van der Waals surface area (Å²) in [6.45, 7) is 5.96.